The third kappa shape index (κ3) is 9.82. The Morgan fingerprint density at radius 3 is 2.44 bits per heavy atom. The SMILES string of the molecule is CC/C=C/CCCC(=O)N(C)CC(=O)[O-].[Li+]. The molecule has 0 aliphatic carbocycles. The first kappa shape index (κ1) is 17.7. The van der Waals surface area contributed by atoms with Gasteiger partial charge in [0.2, 0.25) is 5.91 Å². The molecule has 0 aliphatic heterocycles. The molecule has 0 bridgehead atoms. The fourth-order valence-corrected chi connectivity index (χ4v) is 1.13. The number of carbonyl (C=O) groups is 2. The third-order valence-electron chi connectivity index (χ3n) is 1.96. The van der Waals surface area contributed by atoms with E-state index in [1.54, 1.807) is 0 Å². The molecule has 0 aromatic rings. The van der Waals surface area contributed by atoms with Crippen LogP contribution in [-0.4, -0.2) is 30.4 Å². The van der Waals surface area contributed by atoms with Crippen LogP contribution in [0, 0.1) is 0 Å². The van der Waals surface area contributed by atoms with Crippen molar-refractivity contribution in [1.82, 2.24) is 4.90 Å². The van der Waals surface area contributed by atoms with Crippen LogP contribution in [0.5, 0.6) is 0 Å². The fourth-order valence-electron chi connectivity index (χ4n) is 1.13. The molecule has 0 unspecified atom stereocenters. The number of aliphatic carboxylic acids is 1. The zero-order valence-corrected chi connectivity index (χ0v) is 10.4. The second-order valence-electron chi connectivity index (χ2n) is 3.39. The van der Waals surface area contributed by atoms with Crippen molar-refractivity contribution in [3.8, 4) is 0 Å². The number of rotatable bonds is 7. The van der Waals surface area contributed by atoms with E-state index in [1.807, 2.05) is 6.08 Å². The van der Waals surface area contributed by atoms with Gasteiger partial charge in [0.15, 0.2) is 0 Å². The van der Waals surface area contributed by atoms with E-state index >= 15 is 0 Å². The van der Waals surface area contributed by atoms with Crippen LogP contribution in [0.2, 0.25) is 0 Å². The molecule has 0 atom stereocenters. The van der Waals surface area contributed by atoms with E-state index in [4.69, 9.17) is 0 Å². The first-order chi connectivity index (χ1) is 7.07. The monoisotopic (exact) mass is 219 g/mol. The molecule has 5 heteroatoms. The fraction of sp³-hybridized carbons (Fsp3) is 0.636. The van der Waals surface area contributed by atoms with Crippen LogP contribution in [0.1, 0.15) is 32.6 Å². The smallest absolute Gasteiger partial charge is 0.548 e. The second-order valence-corrected chi connectivity index (χ2v) is 3.39. The van der Waals surface area contributed by atoms with Crippen molar-refractivity contribution < 1.29 is 33.6 Å². The molecule has 16 heavy (non-hydrogen) atoms. The molecule has 1 amide bonds. The zero-order valence-electron chi connectivity index (χ0n) is 10.4. The summed E-state index contributed by atoms with van der Waals surface area (Å²) in [5.74, 6) is -1.37. The van der Waals surface area contributed by atoms with E-state index in [2.05, 4.69) is 13.0 Å². The molecule has 0 rings (SSSR count). The van der Waals surface area contributed by atoms with Crippen molar-refractivity contribution in [2.24, 2.45) is 0 Å². The van der Waals surface area contributed by atoms with Crippen LogP contribution in [0.25, 0.3) is 0 Å². The van der Waals surface area contributed by atoms with E-state index in [0.29, 0.717) is 6.42 Å². The van der Waals surface area contributed by atoms with E-state index in [9.17, 15) is 14.7 Å². The average Bonchev–Trinajstić information content (AvgIpc) is 2.16. The summed E-state index contributed by atoms with van der Waals surface area (Å²) in [4.78, 5) is 22.7. The van der Waals surface area contributed by atoms with Crippen LogP contribution < -0.4 is 24.0 Å². The number of carbonyl (C=O) groups excluding carboxylic acids is 2. The number of unbranched alkanes of at least 4 members (excludes halogenated alkanes) is 1. The van der Waals surface area contributed by atoms with Crippen LogP contribution in [0.3, 0.4) is 0 Å². The molecular weight excluding hydrogens is 201 g/mol. The molecule has 4 nitrogen and oxygen atoms in total. The minimum Gasteiger partial charge on any atom is -0.548 e. The van der Waals surface area contributed by atoms with Gasteiger partial charge in [0, 0.05) is 13.5 Å². The van der Waals surface area contributed by atoms with Crippen molar-refractivity contribution in [2.75, 3.05) is 13.6 Å². The summed E-state index contributed by atoms with van der Waals surface area (Å²) in [6, 6.07) is 0. The Labute approximate surface area is 109 Å². The Bertz CT molecular complexity index is 241. The first-order valence-electron chi connectivity index (χ1n) is 5.16. The van der Waals surface area contributed by atoms with Crippen molar-refractivity contribution in [3.05, 3.63) is 12.2 Å². The first-order valence-corrected chi connectivity index (χ1v) is 5.16. The van der Waals surface area contributed by atoms with Gasteiger partial charge in [-0.1, -0.05) is 19.1 Å². The van der Waals surface area contributed by atoms with Crippen molar-refractivity contribution in [1.29, 1.82) is 0 Å². The summed E-state index contributed by atoms with van der Waals surface area (Å²) in [6.45, 7) is 1.72. The van der Waals surface area contributed by atoms with Gasteiger partial charge < -0.3 is 14.8 Å². The molecule has 0 N–H and O–H groups in total. The quantitative estimate of drug-likeness (QED) is 0.267. The second kappa shape index (κ2) is 10.8. The molecule has 0 saturated carbocycles. The Kier molecular flexibility index (Phi) is 11.9. The number of carboxylic acids is 1. The third-order valence-corrected chi connectivity index (χ3v) is 1.96. The molecule has 0 fully saturated rings. The Hall–Kier alpha value is -0.723. The van der Waals surface area contributed by atoms with E-state index in [-0.39, 0.29) is 31.3 Å². The molecule has 0 aromatic carbocycles. The molecular formula is C11H18LiNO3. The largest absolute Gasteiger partial charge is 1.00 e. The summed E-state index contributed by atoms with van der Waals surface area (Å²) in [5.41, 5.74) is 0. The van der Waals surface area contributed by atoms with Gasteiger partial charge in [-0.25, -0.2) is 0 Å². The summed E-state index contributed by atoms with van der Waals surface area (Å²) in [5, 5.41) is 10.2. The summed E-state index contributed by atoms with van der Waals surface area (Å²) < 4.78 is 0. The number of allylic oxidation sites excluding steroid dienone is 2. The minimum absolute atomic E-state index is 0. The maximum absolute atomic E-state index is 11.3. The van der Waals surface area contributed by atoms with Gasteiger partial charge in [-0.3, -0.25) is 4.79 Å². The summed E-state index contributed by atoms with van der Waals surface area (Å²) in [6.07, 6.45) is 7.09. The topological polar surface area (TPSA) is 60.4 Å². The molecule has 0 spiro atoms. The zero-order chi connectivity index (χ0) is 11.7. The Morgan fingerprint density at radius 1 is 1.31 bits per heavy atom. The van der Waals surface area contributed by atoms with Gasteiger partial charge in [-0.05, 0) is 19.3 Å². The van der Waals surface area contributed by atoms with Crippen molar-refractivity contribution >= 4 is 11.9 Å². The maximum Gasteiger partial charge on any atom is 1.00 e. The molecule has 0 aliphatic rings. The molecule has 86 valence electrons. The van der Waals surface area contributed by atoms with E-state index in [0.717, 1.165) is 19.3 Å². The maximum atomic E-state index is 11.3. The van der Waals surface area contributed by atoms with E-state index in [1.165, 1.54) is 11.9 Å². The number of amides is 1. The average molecular weight is 219 g/mol. The molecule has 0 aromatic heterocycles. The molecule has 0 radical (unpaired) electrons. The predicted molar refractivity (Wildman–Crippen MR) is 55.9 cm³/mol. The van der Waals surface area contributed by atoms with Gasteiger partial charge >= 0.3 is 18.9 Å². The normalized spacial score (nSPS) is 9.88. The van der Waals surface area contributed by atoms with Gasteiger partial charge in [0.25, 0.3) is 0 Å². The molecule has 0 heterocycles. The van der Waals surface area contributed by atoms with Gasteiger partial charge in [-0.2, -0.15) is 0 Å². The van der Waals surface area contributed by atoms with Crippen molar-refractivity contribution in [3.63, 3.8) is 0 Å². The number of likely N-dealkylation sites (N-methyl/N-ethyl adjacent to an activating group) is 1. The van der Waals surface area contributed by atoms with E-state index < -0.39 is 5.97 Å². The Morgan fingerprint density at radius 2 is 1.94 bits per heavy atom. The standard InChI is InChI=1S/C11H19NO3.Li/c1-3-4-5-6-7-8-10(13)12(2)9-11(14)15;/h4-5H,3,6-9H2,1-2H3,(H,14,15);/q;+1/p-1/b5-4+;. The minimum atomic E-state index is -1.23. The van der Waals surface area contributed by atoms with Crippen LogP contribution in [0.15, 0.2) is 12.2 Å². The van der Waals surface area contributed by atoms with Crippen LogP contribution in [-0.2, 0) is 9.59 Å². The van der Waals surface area contributed by atoms with Crippen LogP contribution in [0.4, 0.5) is 0 Å². The number of nitrogens with zero attached hydrogens (tertiary/aromatic N) is 1. The van der Waals surface area contributed by atoms with Crippen LogP contribution >= 0.6 is 0 Å². The number of carboxylic acid groups (broad SMARTS) is 1. The van der Waals surface area contributed by atoms with Crippen molar-refractivity contribution in [2.45, 2.75) is 32.6 Å². The van der Waals surface area contributed by atoms with Gasteiger partial charge in [0.05, 0.1) is 12.5 Å². The summed E-state index contributed by atoms with van der Waals surface area (Å²) in [7, 11) is 1.47. The van der Waals surface area contributed by atoms with Gasteiger partial charge in [-0.15, -0.1) is 0 Å². The number of hydrogen-bond donors (Lipinski definition) is 0. The summed E-state index contributed by atoms with van der Waals surface area (Å²) >= 11 is 0. The predicted octanol–water partition coefficient (Wildman–Crippen LogP) is -2.66. The molecule has 0 saturated heterocycles. The number of hydrogen-bond acceptors (Lipinski definition) is 3. The van der Waals surface area contributed by atoms with Gasteiger partial charge in [0.1, 0.15) is 0 Å². The Balaban J connectivity index is 0.